The van der Waals surface area contributed by atoms with E-state index >= 15 is 0 Å². The van der Waals surface area contributed by atoms with Crippen LogP contribution in [0, 0.1) is 0 Å². The van der Waals surface area contributed by atoms with E-state index in [1.807, 2.05) is 59.8 Å². The van der Waals surface area contributed by atoms with Crippen LogP contribution in [0.5, 0.6) is 0 Å². The fraction of sp³-hybridized carbons (Fsp3) is 0.458. The number of hydrogen-bond acceptors (Lipinski definition) is 4. The summed E-state index contributed by atoms with van der Waals surface area (Å²) in [5, 5.41) is 0. The molecule has 1 amide bonds. The molecule has 0 N–H and O–H groups in total. The molecule has 6 heteroatoms. The number of fused-ring (bicyclic) bond motifs is 1. The molecular formula is C24H35N5O. The lowest BCUT2D eigenvalue weighted by atomic mass is 10.1. The standard InChI is InChI=1S/C18H19N5O.C4H10.C2H6/c1-21-8-10-22(11-9-21)18(24)15-4-2-14(3-5-15)16-13-23-7-6-19-17(23)12-20-16;1-3-4-2;1-2/h2-7,12-13H,8-11H2,1H3;3-4H2,1-2H3;1-2H3. The molecule has 0 spiro atoms. The SMILES string of the molecule is CC.CCCC.CN1CCN(C(=O)c2ccc(-c3cn4ccnc4cn3)cc2)CC1. The van der Waals surface area contributed by atoms with Crippen molar-refractivity contribution in [3.05, 3.63) is 54.6 Å². The number of aromatic nitrogens is 3. The zero-order valence-corrected chi connectivity index (χ0v) is 19.0. The van der Waals surface area contributed by atoms with E-state index in [4.69, 9.17) is 0 Å². The topological polar surface area (TPSA) is 53.7 Å². The third-order valence-corrected chi connectivity index (χ3v) is 5.00. The maximum atomic E-state index is 12.6. The maximum absolute atomic E-state index is 12.6. The monoisotopic (exact) mass is 409 g/mol. The summed E-state index contributed by atoms with van der Waals surface area (Å²) < 4.78 is 1.94. The lowest BCUT2D eigenvalue weighted by Crippen LogP contribution is -2.47. The second-order valence-electron chi connectivity index (χ2n) is 7.14. The van der Waals surface area contributed by atoms with Crippen molar-refractivity contribution in [1.29, 1.82) is 0 Å². The van der Waals surface area contributed by atoms with Crippen LogP contribution in [0.1, 0.15) is 50.9 Å². The van der Waals surface area contributed by atoms with Crippen LogP contribution in [0.4, 0.5) is 0 Å². The molecule has 6 nitrogen and oxygen atoms in total. The van der Waals surface area contributed by atoms with Crippen molar-refractivity contribution in [1.82, 2.24) is 24.2 Å². The van der Waals surface area contributed by atoms with E-state index in [1.165, 1.54) is 12.8 Å². The van der Waals surface area contributed by atoms with Crippen molar-refractivity contribution in [3.8, 4) is 11.3 Å². The highest BCUT2D eigenvalue weighted by Crippen LogP contribution is 2.19. The Morgan fingerprint density at radius 2 is 1.60 bits per heavy atom. The Kier molecular flexibility index (Phi) is 9.48. The van der Waals surface area contributed by atoms with Crippen LogP contribution in [0.2, 0.25) is 0 Å². The summed E-state index contributed by atoms with van der Waals surface area (Å²) in [6.45, 7) is 11.8. The van der Waals surface area contributed by atoms with E-state index in [-0.39, 0.29) is 5.91 Å². The van der Waals surface area contributed by atoms with Crippen molar-refractivity contribution in [3.63, 3.8) is 0 Å². The number of piperazine rings is 1. The Bertz CT molecular complexity index is 893. The van der Waals surface area contributed by atoms with E-state index in [0.717, 1.165) is 48.6 Å². The highest BCUT2D eigenvalue weighted by Gasteiger charge is 2.20. The van der Waals surface area contributed by atoms with Crippen molar-refractivity contribution in [2.75, 3.05) is 33.2 Å². The van der Waals surface area contributed by atoms with Crippen LogP contribution in [0.25, 0.3) is 16.9 Å². The Balaban J connectivity index is 0.000000481. The molecule has 0 saturated carbocycles. The normalized spacial score (nSPS) is 13.8. The van der Waals surface area contributed by atoms with E-state index in [1.54, 1.807) is 12.4 Å². The van der Waals surface area contributed by atoms with Crippen LogP contribution in [-0.2, 0) is 0 Å². The number of rotatable bonds is 3. The Morgan fingerprint density at radius 3 is 2.20 bits per heavy atom. The second-order valence-corrected chi connectivity index (χ2v) is 7.14. The average Bonchev–Trinajstić information content (AvgIpc) is 3.29. The zero-order chi connectivity index (χ0) is 21.9. The fourth-order valence-corrected chi connectivity index (χ4v) is 2.95. The smallest absolute Gasteiger partial charge is 0.253 e. The third kappa shape index (κ3) is 6.13. The Labute approximate surface area is 180 Å². The van der Waals surface area contributed by atoms with Gasteiger partial charge in [0, 0.05) is 55.9 Å². The van der Waals surface area contributed by atoms with Crippen molar-refractivity contribution in [2.45, 2.75) is 40.5 Å². The van der Waals surface area contributed by atoms with Gasteiger partial charge in [-0.2, -0.15) is 0 Å². The van der Waals surface area contributed by atoms with Crippen LogP contribution in [-0.4, -0.2) is 63.3 Å². The van der Waals surface area contributed by atoms with Gasteiger partial charge in [0.25, 0.3) is 5.91 Å². The lowest BCUT2D eigenvalue weighted by Gasteiger charge is -2.32. The molecule has 0 bridgehead atoms. The number of amides is 1. The predicted octanol–water partition coefficient (Wildman–Crippen LogP) is 4.62. The minimum atomic E-state index is 0.104. The summed E-state index contributed by atoms with van der Waals surface area (Å²) >= 11 is 0. The van der Waals surface area contributed by atoms with Gasteiger partial charge in [0.1, 0.15) is 0 Å². The van der Waals surface area contributed by atoms with Crippen LogP contribution < -0.4 is 0 Å². The van der Waals surface area contributed by atoms with Gasteiger partial charge >= 0.3 is 0 Å². The molecule has 0 radical (unpaired) electrons. The van der Waals surface area contributed by atoms with Gasteiger partial charge in [-0.15, -0.1) is 0 Å². The largest absolute Gasteiger partial charge is 0.336 e. The first-order valence-electron chi connectivity index (χ1n) is 11.0. The number of carbonyl (C=O) groups excluding carboxylic acids is 1. The number of likely N-dealkylation sites (N-methyl/N-ethyl adjacent to an activating group) is 1. The minimum Gasteiger partial charge on any atom is -0.336 e. The summed E-state index contributed by atoms with van der Waals surface area (Å²) in [7, 11) is 2.08. The minimum absolute atomic E-state index is 0.104. The van der Waals surface area contributed by atoms with Crippen LogP contribution in [0.3, 0.4) is 0 Å². The Morgan fingerprint density at radius 1 is 0.967 bits per heavy atom. The summed E-state index contributed by atoms with van der Waals surface area (Å²) in [6, 6.07) is 7.67. The summed E-state index contributed by atoms with van der Waals surface area (Å²) in [5.41, 5.74) is 3.40. The first kappa shape index (κ1) is 23.5. The first-order chi connectivity index (χ1) is 14.6. The molecule has 2 aromatic heterocycles. The molecular weight excluding hydrogens is 374 g/mol. The van der Waals surface area contributed by atoms with Crippen molar-refractivity contribution in [2.24, 2.45) is 0 Å². The van der Waals surface area contributed by atoms with Crippen molar-refractivity contribution < 1.29 is 4.79 Å². The molecule has 1 aromatic carbocycles. The highest BCUT2D eigenvalue weighted by molar-refractivity contribution is 5.94. The van der Waals surface area contributed by atoms with Gasteiger partial charge in [-0.25, -0.2) is 4.98 Å². The molecule has 162 valence electrons. The number of benzene rings is 1. The van der Waals surface area contributed by atoms with Gasteiger partial charge in [-0.05, 0) is 19.2 Å². The van der Waals surface area contributed by atoms with Gasteiger partial charge in [0.15, 0.2) is 5.65 Å². The molecule has 4 rings (SSSR count). The fourth-order valence-electron chi connectivity index (χ4n) is 2.95. The average molecular weight is 410 g/mol. The second kappa shape index (κ2) is 12.1. The summed E-state index contributed by atoms with van der Waals surface area (Å²) in [4.78, 5) is 25.4. The number of nitrogens with zero attached hydrogens (tertiary/aromatic N) is 5. The molecule has 30 heavy (non-hydrogen) atoms. The molecule has 0 unspecified atom stereocenters. The highest BCUT2D eigenvalue weighted by atomic mass is 16.2. The maximum Gasteiger partial charge on any atom is 0.253 e. The summed E-state index contributed by atoms with van der Waals surface area (Å²) in [5.74, 6) is 0.104. The molecule has 3 heterocycles. The van der Waals surface area contributed by atoms with E-state index in [2.05, 4.69) is 35.8 Å². The van der Waals surface area contributed by atoms with Crippen LogP contribution in [0.15, 0.2) is 49.1 Å². The van der Waals surface area contributed by atoms with Crippen LogP contribution >= 0.6 is 0 Å². The van der Waals surface area contributed by atoms with Gasteiger partial charge in [0.05, 0.1) is 11.9 Å². The number of hydrogen-bond donors (Lipinski definition) is 0. The van der Waals surface area contributed by atoms with Gasteiger partial charge < -0.3 is 14.2 Å². The molecule has 1 fully saturated rings. The van der Waals surface area contributed by atoms with Gasteiger partial charge in [0.2, 0.25) is 0 Å². The van der Waals surface area contributed by atoms with Gasteiger partial charge in [-0.3, -0.25) is 9.78 Å². The van der Waals surface area contributed by atoms with E-state index in [0.29, 0.717) is 0 Å². The number of unbranched alkanes of at least 4 members (excludes halogenated alkanes) is 1. The molecule has 0 aliphatic carbocycles. The predicted molar refractivity (Wildman–Crippen MR) is 124 cm³/mol. The molecule has 1 aliphatic heterocycles. The zero-order valence-electron chi connectivity index (χ0n) is 19.0. The molecule has 1 aliphatic rings. The number of carbonyl (C=O) groups is 1. The molecule has 1 saturated heterocycles. The first-order valence-corrected chi connectivity index (χ1v) is 11.0. The van der Waals surface area contributed by atoms with Gasteiger partial charge in [-0.1, -0.05) is 52.7 Å². The third-order valence-electron chi connectivity index (χ3n) is 5.00. The quantitative estimate of drug-likeness (QED) is 0.634. The van der Waals surface area contributed by atoms with Crippen molar-refractivity contribution >= 4 is 11.6 Å². The number of imidazole rings is 1. The Hall–Kier alpha value is -2.73. The molecule has 0 atom stereocenters. The molecule has 3 aromatic rings. The van der Waals surface area contributed by atoms with E-state index in [9.17, 15) is 4.79 Å². The van der Waals surface area contributed by atoms with E-state index < -0.39 is 0 Å². The lowest BCUT2D eigenvalue weighted by molar-refractivity contribution is 0.0664. The summed E-state index contributed by atoms with van der Waals surface area (Å²) in [6.07, 6.45) is 9.97.